The lowest BCUT2D eigenvalue weighted by Crippen LogP contribution is -1.95. The average molecular weight is 651 g/mol. The maximum atomic E-state index is 6.39. The van der Waals surface area contributed by atoms with Crippen LogP contribution in [0.4, 0.5) is 0 Å². The van der Waals surface area contributed by atoms with E-state index in [-0.39, 0.29) is 0 Å². The number of nitrogens with zero attached hydrogens (tertiary/aromatic N) is 2. The van der Waals surface area contributed by atoms with E-state index in [1.807, 2.05) is 12.1 Å². The molecule has 0 saturated heterocycles. The van der Waals surface area contributed by atoms with Gasteiger partial charge < -0.3 is 13.6 Å². The Bertz CT molecular complexity index is 3110. The molecule has 0 radical (unpaired) electrons. The molecule has 3 heteroatoms. The molecule has 0 N–H and O–H groups in total. The number of benzene rings is 8. The molecule has 238 valence electrons. The van der Waals surface area contributed by atoms with E-state index >= 15 is 0 Å². The smallest absolute Gasteiger partial charge is 0.143 e. The molecule has 0 atom stereocenters. The van der Waals surface area contributed by atoms with Crippen LogP contribution >= 0.6 is 0 Å². The number of furan rings is 1. The summed E-state index contributed by atoms with van der Waals surface area (Å²) in [6.07, 6.45) is 0. The fourth-order valence-electron chi connectivity index (χ4n) is 8.19. The second-order valence-electron chi connectivity index (χ2n) is 13.3. The maximum Gasteiger partial charge on any atom is 0.143 e. The minimum atomic E-state index is 0.915. The van der Waals surface area contributed by atoms with Gasteiger partial charge in [0.1, 0.15) is 11.2 Å². The highest BCUT2D eigenvalue weighted by atomic mass is 16.3. The zero-order valence-corrected chi connectivity index (χ0v) is 27.6. The van der Waals surface area contributed by atoms with Crippen LogP contribution in [0.2, 0.25) is 0 Å². The average Bonchev–Trinajstić information content (AvgIpc) is 3.85. The SMILES string of the molecule is c1ccc(-c2ccc3c4cc5c(cc4n(-c4ccccc4)c3c2)c2ccccc2n5-c2ccc(-c3cccc4c3oc3ccccc34)cc2)cc1. The van der Waals surface area contributed by atoms with Crippen LogP contribution in [0.25, 0.3) is 99.2 Å². The monoisotopic (exact) mass is 650 g/mol. The van der Waals surface area contributed by atoms with Crippen molar-refractivity contribution in [2.45, 2.75) is 0 Å². The van der Waals surface area contributed by atoms with Gasteiger partial charge in [-0.05, 0) is 71.3 Å². The summed E-state index contributed by atoms with van der Waals surface area (Å²) in [6.45, 7) is 0. The van der Waals surface area contributed by atoms with Crippen LogP contribution in [0.3, 0.4) is 0 Å². The molecule has 51 heavy (non-hydrogen) atoms. The highest BCUT2D eigenvalue weighted by molar-refractivity contribution is 6.19. The second-order valence-corrected chi connectivity index (χ2v) is 13.3. The van der Waals surface area contributed by atoms with E-state index in [4.69, 9.17) is 4.42 Å². The molecular formula is C48H30N2O. The molecule has 0 amide bonds. The quantitative estimate of drug-likeness (QED) is 0.186. The lowest BCUT2D eigenvalue weighted by atomic mass is 10.0. The Labute approximate surface area is 293 Å². The molecule has 11 aromatic rings. The first-order chi connectivity index (χ1) is 25.3. The molecule has 0 aliphatic rings. The summed E-state index contributed by atoms with van der Waals surface area (Å²) >= 11 is 0. The van der Waals surface area contributed by atoms with E-state index in [1.165, 1.54) is 54.7 Å². The molecule has 0 aliphatic heterocycles. The van der Waals surface area contributed by atoms with Gasteiger partial charge in [0.05, 0.1) is 22.1 Å². The van der Waals surface area contributed by atoms with E-state index in [2.05, 4.69) is 179 Å². The standard InChI is InChI=1S/C48H30N2O/c1-3-12-31(13-4-1)33-24-27-38-42-30-45-41(29-46(42)50(44(38)28-33)34-14-5-2-6-15-34)37-16-7-9-20-43(37)49(45)35-25-22-32(23-26-35)36-18-11-19-40-39-17-8-10-21-47(39)51-48(36)40/h1-30H. The molecule has 11 rings (SSSR count). The molecule has 0 saturated carbocycles. The third kappa shape index (κ3) is 4.19. The van der Waals surface area contributed by atoms with Crippen LogP contribution in [0, 0.1) is 0 Å². The van der Waals surface area contributed by atoms with Crippen molar-refractivity contribution in [1.82, 2.24) is 9.13 Å². The Morgan fingerprint density at radius 1 is 0.314 bits per heavy atom. The molecule has 0 spiro atoms. The van der Waals surface area contributed by atoms with Crippen molar-refractivity contribution in [3.05, 3.63) is 182 Å². The molecule has 0 aliphatic carbocycles. The summed E-state index contributed by atoms with van der Waals surface area (Å²) in [4.78, 5) is 0. The van der Waals surface area contributed by atoms with E-state index in [9.17, 15) is 0 Å². The minimum absolute atomic E-state index is 0.915. The Morgan fingerprint density at radius 3 is 1.67 bits per heavy atom. The summed E-state index contributed by atoms with van der Waals surface area (Å²) in [6, 6.07) is 65.5. The van der Waals surface area contributed by atoms with Gasteiger partial charge in [0.2, 0.25) is 0 Å². The van der Waals surface area contributed by atoms with E-state index in [0.717, 1.165) is 44.4 Å². The number of hydrogen-bond donors (Lipinski definition) is 0. The van der Waals surface area contributed by atoms with Crippen LogP contribution in [0.1, 0.15) is 0 Å². The number of fused-ring (bicyclic) bond motifs is 9. The topological polar surface area (TPSA) is 23.0 Å². The molecule has 0 bridgehead atoms. The Balaban J connectivity index is 1.14. The van der Waals surface area contributed by atoms with Crippen molar-refractivity contribution in [3.63, 3.8) is 0 Å². The predicted octanol–water partition coefficient (Wildman–Crippen LogP) is 13.1. The van der Waals surface area contributed by atoms with Gasteiger partial charge in [-0.1, -0.05) is 127 Å². The van der Waals surface area contributed by atoms with Crippen molar-refractivity contribution in [2.24, 2.45) is 0 Å². The van der Waals surface area contributed by atoms with Gasteiger partial charge in [-0.2, -0.15) is 0 Å². The molecule has 0 unspecified atom stereocenters. The van der Waals surface area contributed by atoms with Crippen LogP contribution in [0.15, 0.2) is 186 Å². The van der Waals surface area contributed by atoms with Crippen LogP contribution in [-0.2, 0) is 0 Å². The highest BCUT2D eigenvalue weighted by Gasteiger charge is 2.19. The minimum Gasteiger partial charge on any atom is -0.455 e. The van der Waals surface area contributed by atoms with Crippen molar-refractivity contribution in [2.75, 3.05) is 0 Å². The number of aromatic nitrogens is 2. The molecular weight excluding hydrogens is 621 g/mol. The van der Waals surface area contributed by atoms with Crippen molar-refractivity contribution < 1.29 is 4.42 Å². The van der Waals surface area contributed by atoms with Crippen molar-refractivity contribution in [1.29, 1.82) is 0 Å². The molecule has 0 fully saturated rings. The summed E-state index contributed by atoms with van der Waals surface area (Å²) in [5, 5.41) is 7.23. The van der Waals surface area contributed by atoms with Gasteiger partial charge in [0, 0.05) is 49.3 Å². The largest absolute Gasteiger partial charge is 0.455 e. The van der Waals surface area contributed by atoms with Gasteiger partial charge in [-0.25, -0.2) is 0 Å². The van der Waals surface area contributed by atoms with Crippen LogP contribution < -0.4 is 0 Å². The molecule has 3 aromatic heterocycles. The Morgan fingerprint density at radius 2 is 0.882 bits per heavy atom. The summed E-state index contributed by atoms with van der Waals surface area (Å²) in [5.41, 5.74) is 13.6. The Hall–Kier alpha value is -6.84. The number of para-hydroxylation sites is 4. The van der Waals surface area contributed by atoms with Crippen LogP contribution in [0.5, 0.6) is 0 Å². The van der Waals surface area contributed by atoms with Crippen molar-refractivity contribution >= 4 is 65.6 Å². The van der Waals surface area contributed by atoms with E-state index in [0.29, 0.717) is 0 Å². The summed E-state index contributed by atoms with van der Waals surface area (Å²) in [5.74, 6) is 0. The lowest BCUT2D eigenvalue weighted by Gasteiger charge is -2.10. The predicted molar refractivity (Wildman–Crippen MR) is 213 cm³/mol. The first-order valence-electron chi connectivity index (χ1n) is 17.4. The molecule has 8 aromatic carbocycles. The Kier molecular flexibility index (Phi) is 5.96. The maximum absolute atomic E-state index is 6.39. The van der Waals surface area contributed by atoms with Gasteiger partial charge in [0.25, 0.3) is 0 Å². The summed E-state index contributed by atoms with van der Waals surface area (Å²) in [7, 11) is 0. The summed E-state index contributed by atoms with van der Waals surface area (Å²) < 4.78 is 11.2. The lowest BCUT2D eigenvalue weighted by molar-refractivity contribution is 0.670. The molecule has 3 nitrogen and oxygen atoms in total. The third-order valence-electron chi connectivity index (χ3n) is 10.5. The fraction of sp³-hybridized carbons (Fsp3) is 0. The first-order valence-corrected chi connectivity index (χ1v) is 17.4. The van der Waals surface area contributed by atoms with Crippen LogP contribution in [-0.4, -0.2) is 9.13 Å². The van der Waals surface area contributed by atoms with Gasteiger partial charge in [-0.15, -0.1) is 0 Å². The highest BCUT2D eigenvalue weighted by Crippen LogP contribution is 2.41. The van der Waals surface area contributed by atoms with Gasteiger partial charge >= 0.3 is 0 Å². The third-order valence-corrected chi connectivity index (χ3v) is 10.5. The van der Waals surface area contributed by atoms with Gasteiger partial charge in [0.15, 0.2) is 0 Å². The van der Waals surface area contributed by atoms with Crippen molar-refractivity contribution in [3.8, 4) is 33.6 Å². The molecule has 3 heterocycles. The van der Waals surface area contributed by atoms with E-state index < -0.39 is 0 Å². The first kappa shape index (κ1) is 28.0. The fourth-order valence-corrected chi connectivity index (χ4v) is 8.19. The van der Waals surface area contributed by atoms with Gasteiger partial charge in [-0.3, -0.25) is 0 Å². The number of hydrogen-bond acceptors (Lipinski definition) is 1. The normalized spacial score (nSPS) is 11.9. The van der Waals surface area contributed by atoms with E-state index in [1.54, 1.807) is 0 Å². The second kappa shape index (κ2) is 10.8. The zero-order valence-electron chi connectivity index (χ0n) is 27.6. The number of rotatable bonds is 4. The zero-order chi connectivity index (χ0) is 33.5.